The number of fused-ring (bicyclic) bond motifs is 1. The molecule has 1 aliphatic heterocycles. The van der Waals surface area contributed by atoms with E-state index in [1.54, 1.807) is 23.0 Å². The third-order valence-electron chi connectivity index (χ3n) is 3.87. The molecule has 0 aromatic carbocycles. The summed E-state index contributed by atoms with van der Waals surface area (Å²) in [5, 5.41) is 4.66. The number of halogens is 1. The van der Waals surface area contributed by atoms with E-state index < -0.39 is 7.12 Å². The Morgan fingerprint density at radius 3 is 2.47 bits per heavy atom. The Hall–Kier alpha value is -1.11. The molecule has 3 rings (SSSR count). The van der Waals surface area contributed by atoms with E-state index in [1.807, 2.05) is 27.7 Å². The molecular weight excluding hydrogens is 264 g/mol. The van der Waals surface area contributed by atoms with Gasteiger partial charge in [-0.1, -0.05) is 11.6 Å². The Morgan fingerprint density at radius 1 is 1.21 bits per heavy atom. The maximum Gasteiger partial charge on any atom is 0.500 e. The van der Waals surface area contributed by atoms with Gasteiger partial charge in [0.15, 0.2) is 5.65 Å². The molecule has 0 bridgehead atoms. The van der Waals surface area contributed by atoms with Crippen LogP contribution in [0.25, 0.3) is 5.65 Å². The van der Waals surface area contributed by atoms with Gasteiger partial charge < -0.3 is 9.31 Å². The first-order chi connectivity index (χ1) is 8.80. The predicted octanol–water partition coefficient (Wildman–Crippen LogP) is 1.68. The van der Waals surface area contributed by atoms with Crippen molar-refractivity contribution in [2.75, 3.05) is 0 Å². The molecule has 0 atom stereocenters. The highest BCUT2D eigenvalue weighted by molar-refractivity contribution is 6.64. The normalized spacial score (nSPS) is 21.2. The molecule has 0 N–H and O–H groups in total. The fraction of sp³-hybridized carbons (Fsp3) is 0.500. The van der Waals surface area contributed by atoms with Crippen LogP contribution in [0, 0.1) is 0 Å². The average Bonchev–Trinajstić information content (AvgIpc) is 2.77. The molecule has 1 saturated heterocycles. The van der Waals surface area contributed by atoms with Gasteiger partial charge in [-0.25, -0.2) is 9.50 Å². The van der Waals surface area contributed by atoms with Crippen LogP contribution in [-0.2, 0) is 9.31 Å². The fourth-order valence-corrected chi connectivity index (χ4v) is 2.14. The number of hydrogen-bond acceptors (Lipinski definition) is 4. The number of aromatic nitrogens is 3. The van der Waals surface area contributed by atoms with E-state index >= 15 is 0 Å². The van der Waals surface area contributed by atoms with Crippen molar-refractivity contribution in [1.29, 1.82) is 0 Å². The summed E-state index contributed by atoms with van der Waals surface area (Å²) >= 11 is 5.93. The first-order valence-corrected chi connectivity index (χ1v) is 6.53. The second kappa shape index (κ2) is 3.94. The van der Waals surface area contributed by atoms with Crippen molar-refractivity contribution in [1.82, 2.24) is 14.6 Å². The van der Waals surface area contributed by atoms with Crippen LogP contribution in [0.1, 0.15) is 27.7 Å². The molecule has 100 valence electrons. The summed E-state index contributed by atoms with van der Waals surface area (Å²) in [7, 11) is -0.478. The van der Waals surface area contributed by atoms with Crippen LogP contribution in [-0.4, -0.2) is 32.9 Å². The lowest BCUT2D eigenvalue weighted by molar-refractivity contribution is 0.00578. The van der Waals surface area contributed by atoms with E-state index in [1.165, 1.54) is 0 Å². The van der Waals surface area contributed by atoms with E-state index in [2.05, 4.69) is 10.1 Å². The van der Waals surface area contributed by atoms with Crippen LogP contribution >= 0.6 is 11.6 Å². The van der Waals surface area contributed by atoms with Gasteiger partial charge in [0, 0.05) is 11.7 Å². The van der Waals surface area contributed by atoms with Crippen LogP contribution in [0.5, 0.6) is 0 Å². The Morgan fingerprint density at radius 2 is 1.84 bits per heavy atom. The van der Waals surface area contributed by atoms with Crippen LogP contribution < -0.4 is 5.46 Å². The Bertz CT molecular complexity index is 625. The molecule has 0 saturated carbocycles. The highest BCUT2D eigenvalue weighted by atomic mass is 35.5. The van der Waals surface area contributed by atoms with E-state index in [9.17, 15) is 0 Å². The van der Waals surface area contributed by atoms with Crippen LogP contribution in [0.3, 0.4) is 0 Å². The summed E-state index contributed by atoms with van der Waals surface area (Å²) in [6.07, 6.45) is 3.47. The van der Waals surface area contributed by atoms with Crippen molar-refractivity contribution >= 4 is 29.8 Å². The first kappa shape index (κ1) is 12.9. The quantitative estimate of drug-likeness (QED) is 0.589. The number of hydrogen-bond donors (Lipinski definition) is 0. The number of rotatable bonds is 1. The molecule has 0 spiro atoms. The SMILES string of the molecule is CC1(C)OB(c2cnn3ccc(Cl)nc23)OC1(C)C. The Kier molecular flexibility index (Phi) is 2.68. The molecule has 1 aliphatic rings. The minimum absolute atomic E-state index is 0.384. The van der Waals surface area contributed by atoms with Crippen molar-refractivity contribution in [3.63, 3.8) is 0 Å². The maximum atomic E-state index is 6.00. The summed E-state index contributed by atoms with van der Waals surface area (Å²) in [6, 6.07) is 1.69. The van der Waals surface area contributed by atoms with Crippen molar-refractivity contribution in [2.24, 2.45) is 0 Å². The summed E-state index contributed by atoms with van der Waals surface area (Å²) in [5.41, 5.74) is 0.682. The third kappa shape index (κ3) is 1.95. The van der Waals surface area contributed by atoms with Crippen LogP contribution in [0.2, 0.25) is 5.15 Å². The minimum atomic E-state index is -0.478. The Balaban J connectivity index is 2.05. The van der Waals surface area contributed by atoms with E-state index in [0.717, 1.165) is 5.46 Å². The minimum Gasteiger partial charge on any atom is -0.399 e. The number of nitrogens with zero attached hydrogens (tertiary/aromatic N) is 3. The van der Waals surface area contributed by atoms with Gasteiger partial charge >= 0.3 is 7.12 Å². The second-order valence-corrected chi connectivity index (χ2v) is 6.09. The zero-order valence-electron chi connectivity index (χ0n) is 11.3. The van der Waals surface area contributed by atoms with Crippen molar-refractivity contribution in [2.45, 2.75) is 38.9 Å². The summed E-state index contributed by atoms with van der Waals surface area (Å²) < 4.78 is 13.7. The van der Waals surface area contributed by atoms with Gasteiger partial charge in [-0.2, -0.15) is 5.10 Å². The topological polar surface area (TPSA) is 48.7 Å². The van der Waals surface area contributed by atoms with Gasteiger partial charge in [-0.15, -0.1) is 0 Å². The van der Waals surface area contributed by atoms with Gasteiger partial charge in [0.1, 0.15) is 5.15 Å². The Labute approximate surface area is 117 Å². The third-order valence-corrected chi connectivity index (χ3v) is 4.08. The second-order valence-electron chi connectivity index (χ2n) is 5.71. The van der Waals surface area contributed by atoms with Gasteiger partial charge in [0.2, 0.25) is 0 Å². The van der Waals surface area contributed by atoms with Crippen molar-refractivity contribution in [3.05, 3.63) is 23.6 Å². The summed E-state index contributed by atoms with van der Waals surface area (Å²) in [5.74, 6) is 0. The molecule has 0 unspecified atom stereocenters. The summed E-state index contributed by atoms with van der Waals surface area (Å²) in [4.78, 5) is 4.28. The van der Waals surface area contributed by atoms with Crippen LogP contribution in [0.15, 0.2) is 18.5 Å². The molecule has 0 aliphatic carbocycles. The zero-order chi connectivity index (χ0) is 13.8. The molecule has 7 heteroatoms. The lowest BCUT2D eigenvalue weighted by Gasteiger charge is -2.32. The molecule has 5 nitrogen and oxygen atoms in total. The van der Waals surface area contributed by atoms with Crippen LogP contribution in [0.4, 0.5) is 0 Å². The lowest BCUT2D eigenvalue weighted by atomic mass is 9.81. The standard InChI is InChI=1S/C12H15BClN3O2/c1-11(2)12(3,4)19-13(18-11)8-7-15-17-6-5-9(14)16-10(8)17/h5-7H,1-4H3. The predicted molar refractivity (Wildman–Crippen MR) is 73.7 cm³/mol. The first-order valence-electron chi connectivity index (χ1n) is 6.16. The molecular formula is C12H15BClN3O2. The average molecular weight is 280 g/mol. The highest BCUT2D eigenvalue weighted by Crippen LogP contribution is 2.36. The monoisotopic (exact) mass is 279 g/mol. The maximum absolute atomic E-state index is 6.00. The zero-order valence-corrected chi connectivity index (χ0v) is 12.1. The van der Waals surface area contributed by atoms with Gasteiger partial charge in [-0.3, -0.25) is 0 Å². The van der Waals surface area contributed by atoms with E-state index in [4.69, 9.17) is 20.9 Å². The molecule has 0 amide bonds. The van der Waals surface area contributed by atoms with Gasteiger partial charge in [0.05, 0.1) is 17.4 Å². The summed E-state index contributed by atoms with van der Waals surface area (Å²) in [6.45, 7) is 8.05. The molecule has 1 fully saturated rings. The fourth-order valence-electron chi connectivity index (χ4n) is 2.00. The smallest absolute Gasteiger partial charge is 0.399 e. The van der Waals surface area contributed by atoms with E-state index in [-0.39, 0.29) is 11.2 Å². The van der Waals surface area contributed by atoms with Crippen molar-refractivity contribution < 1.29 is 9.31 Å². The lowest BCUT2D eigenvalue weighted by Crippen LogP contribution is -2.41. The largest absolute Gasteiger partial charge is 0.500 e. The molecule has 3 heterocycles. The van der Waals surface area contributed by atoms with Gasteiger partial charge in [-0.05, 0) is 33.8 Å². The van der Waals surface area contributed by atoms with Gasteiger partial charge in [0.25, 0.3) is 0 Å². The molecule has 2 aromatic rings. The van der Waals surface area contributed by atoms with E-state index in [0.29, 0.717) is 10.8 Å². The molecule has 0 radical (unpaired) electrons. The molecule has 19 heavy (non-hydrogen) atoms. The molecule has 2 aromatic heterocycles. The highest BCUT2D eigenvalue weighted by Gasteiger charge is 2.52. The van der Waals surface area contributed by atoms with Crippen molar-refractivity contribution in [3.8, 4) is 0 Å².